The molecule has 1 aromatic carbocycles. The van der Waals surface area contributed by atoms with E-state index in [9.17, 15) is 0 Å². The molecule has 1 aliphatic rings. The highest BCUT2D eigenvalue weighted by molar-refractivity contribution is 14.1. The minimum atomic E-state index is 0.741. The van der Waals surface area contributed by atoms with Crippen LogP contribution in [0.4, 0.5) is 0 Å². The van der Waals surface area contributed by atoms with Gasteiger partial charge < -0.3 is 4.74 Å². The summed E-state index contributed by atoms with van der Waals surface area (Å²) in [6.07, 6.45) is 5.16. The van der Waals surface area contributed by atoms with Crippen LogP contribution in [0.5, 0.6) is 5.75 Å². The van der Waals surface area contributed by atoms with Crippen LogP contribution in [-0.2, 0) is 0 Å². The van der Waals surface area contributed by atoms with Crippen molar-refractivity contribution in [3.05, 3.63) is 29.8 Å². The molecule has 1 saturated carbocycles. The minimum Gasteiger partial charge on any atom is -0.494 e. The largest absolute Gasteiger partial charge is 0.494 e. The fraction of sp³-hybridized carbons (Fsp3) is 0.600. The van der Waals surface area contributed by atoms with Crippen LogP contribution in [0.25, 0.3) is 0 Å². The molecule has 2 rings (SSSR count). The molecule has 0 bridgehead atoms. The quantitative estimate of drug-likeness (QED) is 0.392. The van der Waals surface area contributed by atoms with Crippen molar-refractivity contribution in [2.45, 2.75) is 38.5 Å². The molecule has 94 valence electrons. The third-order valence-electron chi connectivity index (χ3n) is 3.41. The molecule has 1 aromatic rings. The lowest BCUT2D eigenvalue weighted by molar-refractivity contribution is 0.309. The minimum absolute atomic E-state index is 0.741. The van der Waals surface area contributed by atoms with Gasteiger partial charge in [0.15, 0.2) is 0 Å². The van der Waals surface area contributed by atoms with E-state index in [0.29, 0.717) is 0 Å². The van der Waals surface area contributed by atoms with Gasteiger partial charge in [0, 0.05) is 4.43 Å². The molecule has 0 unspecified atom stereocenters. The van der Waals surface area contributed by atoms with Gasteiger partial charge >= 0.3 is 0 Å². The van der Waals surface area contributed by atoms with Gasteiger partial charge in [-0.15, -0.1) is 0 Å². The van der Waals surface area contributed by atoms with Crippen LogP contribution < -0.4 is 4.74 Å². The van der Waals surface area contributed by atoms with Crippen molar-refractivity contribution in [3.63, 3.8) is 0 Å². The van der Waals surface area contributed by atoms with Gasteiger partial charge in [0.05, 0.1) is 6.61 Å². The maximum absolute atomic E-state index is 5.78. The van der Waals surface area contributed by atoms with Crippen molar-refractivity contribution in [3.8, 4) is 5.75 Å². The lowest BCUT2D eigenvalue weighted by Crippen LogP contribution is -2.03. The molecule has 0 radical (unpaired) electrons. The van der Waals surface area contributed by atoms with E-state index in [-0.39, 0.29) is 0 Å². The Hall–Kier alpha value is -0.250. The molecule has 2 heteroatoms. The summed E-state index contributed by atoms with van der Waals surface area (Å²) >= 11 is 2.51. The predicted molar refractivity (Wildman–Crippen MR) is 81.2 cm³/mol. The van der Waals surface area contributed by atoms with E-state index >= 15 is 0 Å². The Morgan fingerprint density at radius 2 is 2.24 bits per heavy atom. The number of alkyl halides is 1. The summed E-state index contributed by atoms with van der Waals surface area (Å²) in [5.41, 5.74) is 1.47. The Morgan fingerprint density at radius 1 is 1.41 bits per heavy atom. The lowest BCUT2D eigenvalue weighted by atomic mass is 9.96. The Balaban J connectivity index is 1.99. The fourth-order valence-electron chi connectivity index (χ4n) is 2.16. The molecule has 0 spiro atoms. The summed E-state index contributed by atoms with van der Waals surface area (Å²) in [4.78, 5) is 0. The summed E-state index contributed by atoms with van der Waals surface area (Å²) in [5.74, 6) is 2.72. The van der Waals surface area contributed by atoms with E-state index < -0.39 is 0 Å². The van der Waals surface area contributed by atoms with Crippen LogP contribution in [0, 0.1) is 5.92 Å². The normalized spacial score (nSPS) is 16.8. The van der Waals surface area contributed by atoms with E-state index in [1.807, 2.05) is 0 Å². The first-order valence-corrected chi connectivity index (χ1v) is 8.16. The Bertz CT molecular complexity index is 347. The number of benzene rings is 1. The van der Waals surface area contributed by atoms with Crippen molar-refractivity contribution in [1.29, 1.82) is 0 Å². The van der Waals surface area contributed by atoms with E-state index in [4.69, 9.17) is 4.74 Å². The second-order valence-corrected chi connectivity index (χ2v) is 5.75. The second kappa shape index (κ2) is 6.62. The first-order valence-electron chi connectivity index (χ1n) is 6.64. The van der Waals surface area contributed by atoms with Crippen LogP contribution in [0.3, 0.4) is 0 Å². The monoisotopic (exact) mass is 344 g/mol. The van der Waals surface area contributed by atoms with Crippen molar-refractivity contribution in [1.82, 2.24) is 0 Å². The number of hydrogen-bond donors (Lipinski definition) is 0. The Morgan fingerprint density at radius 3 is 2.88 bits per heavy atom. The lowest BCUT2D eigenvalue weighted by Gasteiger charge is -2.15. The summed E-state index contributed by atoms with van der Waals surface area (Å²) < 4.78 is 7.00. The van der Waals surface area contributed by atoms with Gasteiger partial charge in [-0.25, -0.2) is 0 Å². The molecule has 0 aliphatic heterocycles. The zero-order chi connectivity index (χ0) is 12.1. The van der Waals surface area contributed by atoms with Gasteiger partial charge in [0.1, 0.15) is 5.75 Å². The number of ether oxygens (including phenoxy) is 1. The number of rotatable bonds is 7. The molecule has 1 fully saturated rings. The third kappa shape index (κ3) is 3.87. The first kappa shape index (κ1) is 13.2. The van der Waals surface area contributed by atoms with E-state index in [2.05, 4.69) is 53.8 Å². The molecule has 0 amide bonds. The average molecular weight is 344 g/mol. The standard InChI is InChI=1S/C15H21IO/c1-2-3-9-17-14-6-4-5-13(10-14)15(11-16)12-7-8-12/h4-6,10,12,15H,2-3,7-9,11H2,1H3/t15-/m0/s1. The summed E-state index contributed by atoms with van der Waals surface area (Å²) in [6.45, 7) is 3.04. The predicted octanol–water partition coefficient (Wildman–Crippen LogP) is 4.79. The molecular weight excluding hydrogens is 323 g/mol. The van der Waals surface area contributed by atoms with Crippen molar-refractivity contribution in [2.75, 3.05) is 11.0 Å². The maximum atomic E-state index is 5.78. The molecular formula is C15H21IO. The van der Waals surface area contributed by atoms with Crippen LogP contribution in [-0.4, -0.2) is 11.0 Å². The van der Waals surface area contributed by atoms with Gasteiger partial charge in [-0.05, 0) is 48.8 Å². The molecule has 0 saturated heterocycles. The second-order valence-electron chi connectivity index (χ2n) is 4.87. The van der Waals surface area contributed by atoms with Crippen LogP contribution in [0.15, 0.2) is 24.3 Å². The first-order chi connectivity index (χ1) is 8.35. The number of hydrogen-bond acceptors (Lipinski definition) is 1. The SMILES string of the molecule is CCCCOc1cccc([C@@H](CI)C2CC2)c1. The van der Waals surface area contributed by atoms with Gasteiger partial charge in [0.25, 0.3) is 0 Å². The molecule has 0 aromatic heterocycles. The Labute approximate surface area is 118 Å². The van der Waals surface area contributed by atoms with Gasteiger partial charge in [-0.2, -0.15) is 0 Å². The Kier molecular flexibility index (Phi) is 5.14. The smallest absolute Gasteiger partial charge is 0.119 e. The molecule has 1 atom stereocenters. The number of unbranched alkanes of at least 4 members (excludes halogenated alkanes) is 1. The van der Waals surface area contributed by atoms with Crippen LogP contribution in [0.2, 0.25) is 0 Å². The van der Waals surface area contributed by atoms with Gasteiger partial charge in [-0.1, -0.05) is 48.1 Å². The average Bonchev–Trinajstić information content (AvgIpc) is 3.16. The van der Waals surface area contributed by atoms with E-state index in [1.165, 1.54) is 29.3 Å². The highest BCUT2D eigenvalue weighted by Crippen LogP contribution is 2.44. The van der Waals surface area contributed by atoms with E-state index in [1.54, 1.807) is 0 Å². The summed E-state index contributed by atoms with van der Waals surface area (Å²) in [5, 5.41) is 0. The van der Waals surface area contributed by atoms with Crippen LogP contribution >= 0.6 is 22.6 Å². The molecule has 0 N–H and O–H groups in total. The van der Waals surface area contributed by atoms with Crippen LogP contribution in [0.1, 0.15) is 44.1 Å². The van der Waals surface area contributed by atoms with Crippen molar-refractivity contribution >= 4 is 22.6 Å². The summed E-state index contributed by atoms with van der Waals surface area (Å²) in [7, 11) is 0. The fourth-order valence-corrected chi connectivity index (χ4v) is 3.38. The van der Waals surface area contributed by atoms with Gasteiger partial charge in [-0.3, -0.25) is 0 Å². The molecule has 0 heterocycles. The van der Waals surface area contributed by atoms with Crippen molar-refractivity contribution < 1.29 is 4.74 Å². The molecule has 1 aliphatic carbocycles. The zero-order valence-corrected chi connectivity index (χ0v) is 12.7. The molecule has 17 heavy (non-hydrogen) atoms. The third-order valence-corrected chi connectivity index (χ3v) is 4.36. The number of halogens is 1. The summed E-state index contributed by atoms with van der Waals surface area (Å²) in [6, 6.07) is 8.72. The van der Waals surface area contributed by atoms with E-state index in [0.717, 1.165) is 30.6 Å². The highest BCUT2D eigenvalue weighted by Gasteiger charge is 2.31. The van der Waals surface area contributed by atoms with Crippen molar-refractivity contribution in [2.24, 2.45) is 5.92 Å². The highest BCUT2D eigenvalue weighted by atomic mass is 127. The topological polar surface area (TPSA) is 9.23 Å². The zero-order valence-electron chi connectivity index (χ0n) is 10.5. The molecule has 1 nitrogen and oxygen atoms in total. The van der Waals surface area contributed by atoms with Gasteiger partial charge in [0.2, 0.25) is 0 Å². The maximum Gasteiger partial charge on any atom is 0.119 e.